The van der Waals surface area contributed by atoms with Gasteiger partial charge in [-0.2, -0.15) is 0 Å². The Balaban J connectivity index is 1.99. The number of carbonyl (C=O) groups excluding carboxylic acids is 1. The Morgan fingerprint density at radius 3 is 2.56 bits per heavy atom. The average Bonchev–Trinajstić information content (AvgIpc) is 2.79. The number of hydrogen-bond acceptors (Lipinski definition) is 4. The molecule has 0 spiro atoms. The molecule has 7 heteroatoms. The van der Waals surface area contributed by atoms with Gasteiger partial charge in [0.25, 0.3) is 5.91 Å². The Labute approximate surface area is 191 Å². The fourth-order valence-electron chi connectivity index (χ4n) is 3.04. The van der Waals surface area contributed by atoms with E-state index in [0.29, 0.717) is 37.7 Å². The monoisotopic (exact) mass is 440 g/mol. The van der Waals surface area contributed by atoms with Gasteiger partial charge in [0.05, 0.1) is 18.8 Å². The maximum absolute atomic E-state index is 12.2. The van der Waals surface area contributed by atoms with E-state index in [2.05, 4.69) is 20.9 Å². The number of carbonyl (C=O) groups is 1. The lowest BCUT2D eigenvalue weighted by Crippen LogP contribution is -2.39. The molecule has 7 nitrogen and oxygen atoms in total. The fraction of sp³-hybridized carbons (Fsp3) is 0.440. The van der Waals surface area contributed by atoms with Crippen molar-refractivity contribution in [3.8, 4) is 5.75 Å². The van der Waals surface area contributed by atoms with Crippen LogP contribution in [0.2, 0.25) is 0 Å². The molecule has 1 atom stereocenters. The molecule has 174 valence electrons. The zero-order valence-corrected chi connectivity index (χ0v) is 19.5. The highest BCUT2D eigenvalue weighted by molar-refractivity contribution is 5.94. The molecular formula is C25H36N4O3. The third kappa shape index (κ3) is 8.59. The first-order valence-electron chi connectivity index (χ1n) is 11.3. The van der Waals surface area contributed by atoms with Crippen LogP contribution in [0.15, 0.2) is 53.5 Å². The maximum atomic E-state index is 12.2. The molecule has 1 unspecified atom stereocenters. The van der Waals surface area contributed by atoms with Gasteiger partial charge in [0.1, 0.15) is 5.75 Å². The summed E-state index contributed by atoms with van der Waals surface area (Å²) in [6.45, 7) is 10.0. The summed E-state index contributed by atoms with van der Waals surface area (Å²) >= 11 is 0. The first-order chi connectivity index (χ1) is 15.4. The second-order valence-electron chi connectivity index (χ2n) is 7.79. The summed E-state index contributed by atoms with van der Waals surface area (Å²) < 4.78 is 5.71. The molecule has 0 radical (unpaired) electrons. The number of aliphatic imine (C=N–C) groups is 1. The largest absolute Gasteiger partial charge is 0.491 e. The standard InChI is InChI=1S/C25H36N4O3/c1-5-13-27-24(31)21-11-7-9-19(14-21)16-28-25(26-6-2)29-17-23(30)20-10-8-12-22(15-20)32-18(3)4/h7-12,14-15,18,23,30H,5-6,13,16-17H2,1-4H3,(H,27,31)(H2,26,28,29). The van der Waals surface area contributed by atoms with E-state index in [1.165, 1.54) is 0 Å². The molecule has 0 saturated heterocycles. The van der Waals surface area contributed by atoms with Gasteiger partial charge < -0.3 is 25.8 Å². The van der Waals surface area contributed by atoms with Crippen LogP contribution in [0, 0.1) is 0 Å². The highest BCUT2D eigenvalue weighted by Gasteiger charge is 2.11. The molecule has 2 rings (SSSR count). The van der Waals surface area contributed by atoms with Gasteiger partial charge >= 0.3 is 0 Å². The number of hydrogen-bond donors (Lipinski definition) is 4. The summed E-state index contributed by atoms with van der Waals surface area (Å²) in [6.07, 6.45) is 0.262. The first kappa shape index (κ1) is 25.2. The van der Waals surface area contributed by atoms with Crippen LogP contribution in [-0.4, -0.2) is 42.7 Å². The Morgan fingerprint density at radius 1 is 1.06 bits per heavy atom. The minimum atomic E-state index is -0.708. The van der Waals surface area contributed by atoms with Crippen LogP contribution in [-0.2, 0) is 6.54 Å². The van der Waals surface area contributed by atoms with E-state index in [-0.39, 0.29) is 12.0 Å². The van der Waals surface area contributed by atoms with Crippen molar-refractivity contribution in [2.75, 3.05) is 19.6 Å². The Bertz CT molecular complexity index is 883. The van der Waals surface area contributed by atoms with Gasteiger partial charge in [-0.15, -0.1) is 0 Å². The van der Waals surface area contributed by atoms with E-state index in [9.17, 15) is 9.90 Å². The molecule has 0 saturated carbocycles. The normalized spacial score (nSPS) is 12.4. The molecule has 0 aliphatic heterocycles. The topological polar surface area (TPSA) is 95.0 Å². The number of nitrogens with one attached hydrogen (secondary N) is 3. The van der Waals surface area contributed by atoms with Gasteiger partial charge in [0, 0.05) is 25.2 Å². The molecular weight excluding hydrogens is 404 g/mol. The lowest BCUT2D eigenvalue weighted by Gasteiger charge is -2.17. The maximum Gasteiger partial charge on any atom is 0.251 e. The quantitative estimate of drug-likeness (QED) is 0.317. The zero-order chi connectivity index (χ0) is 23.3. The molecule has 2 aromatic carbocycles. The van der Waals surface area contributed by atoms with Crippen LogP contribution < -0.4 is 20.7 Å². The summed E-state index contributed by atoms with van der Waals surface area (Å²) in [5.74, 6) is 1.26. The number of rotatable bonds is 11. The molecule has 0 bridgehead atoms. The summed E-state index contributed by atoms with van der Waals surface area (Å²) in [5.41, 5.74) is 2.34. The second-order valence-corrected chi connectivity index (χ2v) is 7.79. The first-order valence-corrected chi connectivity index (χ1v) is 11.3. The molecule has 0 aliphatic carbocycles. The van der Waals surface area contributed by atoms with Gasteiger partial charge in [0.2, 0.25) is 0 Å². The van der Waals surface area contributed by atoms with E-state index < -0.39 is 6.10 Å². The third-order valence-corrected chi connectivity index (χ3v) is 4.57. The van der Waals surface area contributed by atoms with Gasteiger partial charge in [-0.05, 0) is 62.6 Å². The molecule has 0 aromatic heterocycles. The molecule has 4 N–H and O–H groups in total. The summed E-state index contributed by atoms with van der Waals surface area (Å²) in [6, 6.07) is 14.9. The fourth-order valence-corrected chi connectivity index (χ4v) is 3.04. The van der Waals surface area contributed by atoms with Crippen LogP contribution in [0.1, 0.15) is 61.7 Å². The van der Waals surface area contributed by atoms with E-state index in [1.807, 2.05) is 70.2 Å². The molecule has 2 aromatic rings. The SMILES string of the molecule is CCCNC(=O)c1cccc(CN=C(NCC)NCC(O)c2cccc(OC(C)C)c2)c1. The Morgan fingerprint density at radius 2 is 1.84 bits per heavy atom. The van der Waals surface area contributed by atoms with Crippen molar-refractivity contribution in [3.63, 3.8) is 0 Å². The highest BCUT2D eigenvalue weighted by Crippen LogP contribution is 2.20. The molecule has 0 fully saturated rings. The van der Waals surface area contributed by atoms with Crippen molar-refractivity contribution in [2.24, 2.45) is 4.99 Å². The van der Waals surface area contributed by atoms with Crippen LogP contribution in [0.5, 0.6) is 5.75 Å². The predicted molar refractivity (Wildman–Crippen MR) is 129 cm³/mol. The minimum Gasteiger partial charge on any atom is -0.491 e. The third-order valence-electron chi connectivity index (χ3n) is 4.57. The van der Waals surface area contributed by atoms with Gasteiger partial charge in [-0.25, -0.2) is 4.99 Å². The number of nitrogens with zero attached hydrogens (tertiary/aromatic N) is 1. The highest BCUT2D eigenvalue weighted by atomic mass is 16.5. The van der Waals surface area contributed by atoms with Crippen molar-refractivity contribution in [2.45, 2.75) is 52.9 Å². The Kier molecular flexibility index (Phi) is 10.5. The second kappa shape index (κ2) is 13.4. The number of aliphatic hydroxyl groups excluding tert-OH is 1. The van der Waals surface area contributed by atoms with Crippen molar-refractivity contribution < 1.29 is 14.6 Å². The molecule has 0 heterocycles. The van der Waals surface area contributed by atoms with Crippen molar-refractivity contribution in [1.29, 1.82) is 0 Å². The number of guanidine groups is 1. The summed E-state index contributed by atoms with van der Waals surface area (Å²) in [7, 11) is 0. The van der Waals surface area contributed by atoms with Crippen molar-refractivity contribution in [1.82, 2.24) is 16.0 Å². The summed E-state index contributed by atoms with van der Waals surface area (Å²) in [4.78, 5) is 16.8. The summed E-state index contributed by atoms with van der Waals surface area (Å²) in [5, 5.41) is 19.9. The van der Waals surface area contributed by atoms with Crippen LogP contribution in [0.3, 0.4) is 0 Å². The number of benzene rings is 2. The molecule has 1 amide bonds. The van der Waals surface area contributed by atoms with Crippen molar-refractivity contribution >= 4 is 11.9 Å². The number of aliphatic hydroxyl groups is 1. The van der Waals surface area contributed by atoms with Gasteiger partial charge in [0.15, 0.2) is 5.96 Å². The lowest BCUT2D eigenvalue weighted by molar-refractivity contribution is 0.0953. The average molecular weight is 441 g/mol. The van der Waals surface area contributed by atoms with Crippen LogP contribution >= 0.6 is 0 Å². The van der Waals surface area contributed by atoms with E-state index in [4.69, 9.17) is 4.74 Å². The minimum absolute atomic E-state index is 0.0734. The van der Waals surface area contributed by atoms with E-state index in [0.717, 1.165) is 23.3 Å². The van der Waals surface area contributed by atoms with Gasteiger partial charge in [-0.1, -0.05) is 31.2 Å². The smallest absolute Gasteiger partial charge is 0.251 e. The lowest BCUT2D eigenvalue weighted by atomic mass is 10.1. The van der Waals surface area contributed by atoms with Crippen molar-refractivity contribution in [3.05, 3.63) is 65.2 Å². The number of ether oxygens (including phenoxy) is 1. The van der Waals surface area contributed by atoms with E-state index >= 15 is 0 Å². The van der Waals surface area contributed by atoms with Gasteiger partial charge in [-0.3, -0.25) is 4.79 Å². The van der Waals surface area contributed by atoms with Crippen LogP contribution in [0.25, 0.3) is 0 Å². The molecule has 0 aliphatic rings. The zero-order valence-electron chi connectivity index (χ0n) is 19.5. The predicted octanol–water partition coefficient (Wildman–Crippen LogP) is 3.40. The number of amides is 1. The van der Waals surface area contributed by atoms with Crippen LogP contribution in [0.4, 0.5) is 0 Å². The molecule has 32 heavy (non-hydrogen) atoms. The van der Waals surface area contributed by atoms with E-state index in [1.54, 1.807) is 6.07 Å². The Hall–Kier alpha value is -3.06.